The lowest BCUT2D eigenvalue weighted by atomic mass is 10.0. The van der Waals surface area contributed by atoms with Crippen molar-refractivity contribution >= 4 is 5.91 Å². The van der Waals surface area contributed by atoms with Crippen LogP contribution in [0.5, 0.6) is 0 Å². The fourth-order valence-corrected chi connectivity index (χ4v) is 2.80. The molecule has 6 nitrogen and oxygen atoms in total. The first kappa shape index (κ1) is 16.7. The highest BCUT2D eigenvalue weighted by Gasteiger charge is 2.40. The maximum atomic E-state index is 11.6. The Labute approximate surface area is 127 Å². The summed E-state index contributed by atoms with van der Waals surface area (Å²) in [5.41, 5.74) is 0. The van der Waals surface area contributed by atoms with E-state index in [0.717, 1.165) is 38.9 Å². The van der Waals surface area contributed by atoms with Crippen LogP contribution in [0.3, 0.4) is 0 Å². The fraction of sp³-hybridized carbons (Fsp3) is 0.933. The second-order valence-corrected chi connectivity index (χ2v) is 6.23. The molecule has 2 saturated heterocycles. The number of ether oxygens (including phenoxy) is 2. The van der Waals surface area contributed by atoms with Crippen LogP contribution in [0.1, 0.15) is 32.6 Å². The van der Waals surface area contributed by atoms with E-state index in [1.54, 1.807) is 6.92 Å². The summed E-state index contributed by atoms with van der Waals surface area (Å²) in [5, 5.41) is 3.33. The minimum absolute atomic E-state index is 0.0292. The van der Waals surface area contributed by atoms with Gasteiger partial charge in [-0.05, 0) is 52.9 Å². The Hall–Kier alpha value is -0.690. The number of carbonyl (C=O) groups excluding carboxylic acids is 1. The van der Waals surface area contributed by atoms with E-state index in [1.165, 1.54) is 6.42 Å². The predicted molar refractivity (Wildman–Crippen MR) is 80.8 cm³/mol. The lowest BCUT2D eigenvalue weighted by Gasteiger charge is -2.34. The van der Waals surface area contributed by atoms with Gasteiger partial charge in [0.1, 0.15) is 0 Å². The van der Waals surface area contributed by atoms with Crippen molar-refractivity contribution in [1.29, 1.82) is 0 Å². The molecule has 2 aliphatic rings. The van der Waals surface area contributed by atoms with Crippen molar-refractivity contribution in [2.24, 2.45) is 0 Å². The summed E-state index contributed by atoms with van der Waals surface area (Å²) in [4.78, 5) is 15.7. The van der Waals surface area contributed by atoms with Gasteiger partial charge in [0.25, 0.3) is 0 Å². The molecule has 0 aromatic rings. The second kappa shape index (κ2) is 8.08. The molecular formula is C15H29N3O3. The highest BCUT2D eigenvalue weighted by atomic mass is 16.8. The standard InChI is InChI=1S/C15H29N3O3/c1-12(19)18-10-5-4-7-13(18)11-20-15-14(21-15)16-8-6-9-17(2)3/h13-16H,4-11H2,1-3H3. The maximum absolute atomic E-state index is 11.6. The number of nitrogens with one attached hydrogen (secondary N) is 1. The molecule has 1 amide bonds. The van der Waals surface area contributed by atoms with Crippen LogP contribution in [-0.2, 0) is 14.3 Å². The van der Waals surface area contributed by atoms with Gasteiger partial charge in [-0.25, -0.2) is 0 Å². The van der Waals surface area contributed by atoms with Crippen LogP contribution in [-0.4, -0.2) is 74.6 Å². The van der Waals surface area contributed by atoms with E-state index in [9.17, 15) is 4.79 Å². The van der Waals surface area contributed by atoms with Crippen LogP contribution in [0.25, 0.3) is 0 Å². The van der Waals surface area contributed by atoms with E-state index in [4.69, 9.17) is 9.47 Å². The fourth-order valence-electron chi connectivity index (χ4n) is 2.80. The van der Waals surface area contributed by atoms with E-state index < -0.39 is 0 Å². The Kier molecular flexibility index (Phi) is 6.41. The quantitative estimate of drug-likeness (QED) is 0.526. The molecule has 2 rings (SSSR count). The topological polar surface area (TPSA) is 57.3 Å². The molecule has 2 fully saturated rings. The van der Waals surface area contributed by atoms with Gasteiger partial charge in [-0.3, -0.25) is 10.1 Å². The number of epoxide rings is 1. The van der Waals surface area contributed by atoms with Crippen molar-refractivity contribution in [3.8, 4) is 0 Å². The summed E-state index contributed by atoms with van der Waals surface area (Å²) in [6.45, 7) is 5.09. The van der Waals surface area contributed by atoms with Gasteiger partial charge < -0.3 is 19.3 Å². The minimum Gasteiger partial charge on any atom is -0.347 e. The molecule has 0 bridgehead atoms. The van der Waals surface area contributed by atoms with Crippen molar-refractivity contribution in [2.75, 3.05) is 40.3 Å². The molecule has 3 unspecified atom stereocenters. The van der Waals surface area contributed by atoms with Gasteiger partial charge in [0.2, 0.25) is 5.91 Å². The zero-order valence-electron chi connectivity index (χ0n) is 13.5. The van der Waals surface area contributed by atoms with Gasteiger partial charge in [-0.1, -0.05) is 0 Å². The smallest absolute Gasteiger partial charge is 0.219 e. The predicted octanol–water partition coefficient (Wildman–Crippen LogP) is 0.628. The molecule has 3 atom stereocenters. The molecule has 122 valence electrons. The Morgan fingerprint density at radius 1 is 1.43 bits per heavy atom. The lowest BCUT2D eigenvalue weighted by molar-refractivity contribution is -0.134. The molecule has 6 heteroatoms. The third-order valence-corrected chi connectivity index (χ3v) is 4.06. The number of amides is 1. The summed E-state index contributed by atoms with van der Waals surface area (Å²) >= 11 is 0. The zero-order valence-corrected chi connectivity index (χ0v) is 13.5. The average molecular weight is 299 g/mol. The highest BCUT2D eigenvalue weighted by Crippen LogP contribution is 2.23. The van der Waals surface area contributed by atoms with Crippen LogP contribution in [0.4, 0.5) is 0 Å². The van der Waals surface area contributed by atoms with Crippen molar-refractivity contribution in [3.05, 3.63) is 0 Å². The molecule has 2 heterocycles. The first-order valence-electron chi connectivity index (χ1n) is 8.00. The molecule has 0 saturated carbocycles. The van der Waals surface area contributed by atoms with Crippen LogP contribution in [0.2, 0.25) is 0 Å². The summed E-state index contributed by atoms with van der Waals surface area (Å²) in [5.74, 6) is 0.151. The summed E-state index contributed by atoms with van der Waals surface area (Å²) in [7, 11) is 4.15. The Morgan fingerprint density at radius 3 is 2.95 bits per heavy atom. The largest absolute Gasteiger partial charge is 0.347 e. The van der Waals surface area contributed by atoms with E-state index in [1.807, 2.05) is 4.90 Å². The first-order chi connectivity index (χ1) is 10.1. The lowest BCUT2D eigenvalue weighted by Crippen LogP contribution is -2.45. The molecular weight excluding hydrogens is 270 g/mol. The number of piperidine rings is 1. The van der Waals surface area contributed by atoms with Crippen molar-refractivity contribution in [1.82, 2.24) is 15.1 Å². The molecule has 0 spiro atoms. The van der Waals surface area contributed by atoms with E-state index >= 15 is 0 Å². The van der Waals surface area contributed by atoms with E-state index in [2.05, 4.69) is 24.3 Å². The highest BCUT2D eigenvalue weighted by molar-refractivity contribution is 5.73. The molecule has 1 N–H and O–H groups in total. The Morgan fingerprint density at radius 2 is 2.24 bits per heavy atom. The number of rotatable bonds is 8. The molecule has 0 aliphatic carbocycles. The molecule has 0 radical (unpaired) electrons. The zero-order chi connectivity index (χ0) is 15.2. The molecule has 2 aliphatic heterocycles. The third-order valence-electron chi connectivity index (χ3n) is 4.06. The van der Waals surface area contributed by atoms with E-state index in [-0.39, 0.29) is 24.5 Å². The number of carbonyl (C=O) groups is 1. The van der Waals surface area contributed by atoms with Gasteiger partial charge in [0.15, 0.2) is 12.5 Å². The number of hydrogen-bond donors (Lipinski definition) is 1. The maximum Gasteiger partial charge on any atom is 0.219 e. The molecule has 21 heavy (non-hydrogen) atoms. The number of nitrogens with zero attached hydrogens (tertiary/aromatic N) is 2. The summed E-state index contributed by atoms with van der Waals surface area (Å²) in [6, 6.07) is 0.217. The number of hydrogen-bond acceptors (Lipinski definition) is 5. The van der Waals surface area contributed by atoms with Crippen LogP contribution in [0, 0.1) is 0 Å². The van der Waals surface area contributed by atoms with E-state index in [0.29, 0.717) is 6.61 Å². The summed E-state index contributed by atoms with van der Waals surface area (Å²) < 4.78 is 11.2. The van der Waals surface area contributed by atoms with Crippen LogP contribution in [0.15, 0.2) is 0 Å². The van der Waals surface area contributed by atoms with Gasteiger partial charge in [-0.15, -0.1) is 0 Å². The SMILES string of the molecule is CC(=O)N1CCCCC1COC1OC1NCCCN(C)C. The molecule has 0 aromatic heterocycles. The van der Waals surface area contributed by atoms with Crippen molar-refractivity contribution in [3.63, 3.8) is 0 Å². The van der Waals surface area contributed by atoms with Gasteiger partial charge in [0, 0.05) is 13.5 Å². The van der Waals surface area contributed by atoms with Gasteiger partial charge in [-0.2, -0.15) is 0 Å². The molecule has 0 aromatic carbocycles. The monoisotopic (exact) mass is 299 g/mol. The average Bonchev–Trinajstić information content (AvgIpc) is 3.20. The minimum atomic E-state index is -0.139. The summed E-state index contributed by atoms with van der Waals surface area (Å²) in [6.07, 6.45) is 4.30. The van der Waals surface area contributed by atoms with Gasteiger partial charge in [0.05, 0.1) is 12.6 Å². The van der Waals surface area contributed by atoms with Crippen LogP contribution < -0.4 is 5.32 Å². The first-order valence-corrected chi connectivity index (χ1v) is 8.00. The van der Waals surface area contributed by atoms with Crippen LogP contribution >= 0.6 is 0 Å². The number of likely N-dealkylation sites (tertiary alicyclic amines) is 1. The second-order valence-electron chi connectivity index (χ2n) is 6.23. The third kappa shape index (κ3) is 5.54. The normalized spacial score (nSPS) is 29.0. The van der Waals surface area contributed by atoms with Crippen molar-refractivity contribution < 1.29 is 14.3 Å². The van der Waals surface area contributed by atoms with Crippen molar-refractivity contribution in [2.45, 2.75) is 51.2 Å². The van der Waals surface area contributed by atoms with Gasteiger partial charge >= 0.3 is 0 Å². The Bertz CT molecular complexity index is 338. The Balaban J connectivity index is 1.58.